The largest absolute Gasteiger partial charge is 0.388 e. The fourth-order valence-corrected chi connectivity index (χ4v) is 3.53. The second kappa shape index (κ2) is 2.71. The van der Waals surface area contributed by atoms with Crippen molar-refractivity contribution in [1.82, 2.24) is 5.32 Å². The van der Waals surface area contributed by atoms with Crippen LogP contribution in [0.15, 0.2) is 0 Å². The summed E-state index contributed by atoms with van der Waals surface area (Å²) in [5, 5.41) is 13.6. The number of hydrogen-bond donors (Lipinski definition) is 2. The van der Waals surface area contributed by atoms with Gasteiger partial charge in [-0.25, -0.2) is 0 Å². The van der Waals surface area contributed by atoms with Crippen molar-refractivity contribution in [2.45, 2.75) is 38.7 Å². The lowest BCUT2D eigenvalue weighted by molar-refractivity contribution is -0.198. The Labute approximate surface area is 80.7 Å². The molecule has 0 spiro atoms. The quantitative estimate of drug-likeness (QED) is 0.678. The molecule has 0 unspecified atom stereocenters. The first-order chi connectivity index (χ1) is 6.00. The van der Waals surface area contributed by atoms with Crippen molar-refractivity contribution in [1.29, 1.82) is 0 Å². The summed E-state index contributed by atoms with van der Waals surface area (Å²) in [5.41, 5.74) is -0.0448. The average Bonchev–Trinajstić information content (AvgIpc) is 2.03. The molecule has 2 bridgehead atoms. The van der Waals surface area contributed by atoms with E-state index in [0.717, 1.165) is 18.9 Å². The molecule has 2 nitrogen and oxygen atoms in total. The molecule has 0 radical (unpaired) electrons. The van der Waals surface area contributed by atoms with Crippen LogP contribution in [0, 0.1) is 17.3 Å². The highest BCUT2D eigenvalue weighted by molar-refractivity contribution is 5.10. The van der Waals surface area contributed by atoms with Gasteiger partial charge in [0.25, 0.3) is 0 Å². The Morgan fingerprint density at radius 3 is 2.62 bits per heavy atom. The fraction of sp³-hybridized carbons (Fsp3) is 1.00. The standard InChI is InChI=1S/C11H21NO/c1-10(2)8-4-5-11(13,7-12-3)9(10)6-8/h8-9,12-13H,4-7H2,1-3H3/t8-,9+,11+/m0/s1. The van der Waals surface area contributed by atoms with Gasteiger partial charge in [-0.1, -0.05) is 13.8 Å². The highest BCUT2D eigenvalue weighted by Crippen LogP contribution is 2.62. The van der Waals surface area contributed by atoms with Gasteiger partial charge in [0.15, 0.2) is 0 Å². The molecule has 0 aromatic carbocycles. The summed E-state index contributed by atoms with van der Waals surface area (Å²) in [4.78, 5) is 0. The van der Waals surface area contributed by atoms with E-state index in [-0.39, 0.29) is 0 Å². The fourth-order valence-electron chi connectivity index (χ4n) is 3.53. The van der Waals surface area contributed by atoms with Crippen LogP contribution in [0.25, 0.3) is 0 Å². The first-order valence-corrected chi connectivity index (χ1v) is 5.38. The van der Waals surface area contributed by atoms with E-state index in [4.69, 9.17) is 0 Å². The minimum atomic E-state index is -0.424. The summed E-state index contributed by atoms with van der Waals surface area (Å²) in [5.74, 6) is 1.39. The molecule has 3 atom stereocenters. The van der Waals surface area contributed by atoms with Gasteiger partial charge in [0.05, 0.1) is 5.60 Å². The predicted molar refractivity (Wildman–Crippen MR) is 53.5 cm³/mol. The minimum absolute atomic E-state index is 0.379. The van der Waals surface area contributed by atoms with Crippen molar-refractivity contribution in [2.24, 2.45) is 17.3 Å². The lowest BCUT2D eigenvalue weighted by atomic mass is 9.44. The van der Waals surface area contributed by atoms with Crippen LogP contribution in [-0.4, -0.2) is 24.3 Å². The second-order valence-corrected chi connectivity index (χ2v) is 5.48. The zero-order valence-electron chi connectivity index (χ0n) is 8.93. The maximum absolute atomic E-state index is 10.5. The smallest absolute Gasteiger partial charge is 0.0804 e. The van der Waals surface area contributed by atoms with Crippen LogP contribution in [0.1, 0.15) is 33.1 Å². The molecule has 3 fully saturated rings. The molecule has 0 aliphatic heterocycles. The number of likely N-dealkylation sites (N-methyl/N-ethyl adjacent to an activating group) is 1. The Morgan fingerprint density at radius 2 is 2.15 bits per heavy atom. The van der Waals surface area contributed by atoms with Gasteiger partial charge in [-0.05, 0) is 43.6 Å². The zero-order valence-corrected chi connectivity index (χ0v) is 8.93. The first kappa shape index (κ1) is 9.47. The molecule has 3 aliphatic rings. The summed E-state index contributed by atoms with van der Waals surface area (Å²) in [7, 11) is 1.93. The zero-order chi connectivity index (χ0) is 9.69. The molecule has 3 rings (SSSR count). The van der Waals surface area contributed by atoms with Gasteiger partial charge in [0.1, 0.15) is 0 Å². The number of hydrogen-bond acceptors (Lipinski definition) is 2. The Balaban J connectivity index is 2.14. The van der Waals surface area contributed by atoms with E-state index in [9.17, 15) is 5.11 Å². The average molecular weight is 183 g/mol. The van der Waals surface area contributed by atoms with Crippen LogP contribution in [0.3, 0.4) is 0 Å². The molecule has 3 aliphatic carbocycles. The summed E-state index contributed by atoms with van der Waals surface area (Å²) in [6.07, 6.45) is 3.44. The number of rotatable bonds is 2. The van der Waals surface area contributed by atoms with Gasteiger partial charge >= 0.3 is 0 Å². The Bertz CT molecular complexity index is 208. The van der Waals surface area contributed by atoms with Gasteiger partial charge in [-0.2, -0.15) is 0 Å². The van der Waals surface area contributed by atoms with E-state index in [2.05, 4.69) is 19.2 Å². The van der Waals surface area contributed by atoms with Gasteiger partial charge in [0, 0.05) is 6.54 Å². The molecular formula is C11H21NO. The molecule has 0 heterocycles. The predicted octanol–water partition coefficient (Wildman–Crippen LogP) is 1.39. The van der Waals surface area contributed by atoms with Crippen LogP contribution >= 0.6 is 0 Å². The summed E-state index contributed by atoms with van der Waals surface area (Å²) in [6.45, 7) is 5.38. The highest BCUT2D eigenvalue weighted by atomic mass is 16.3. The molecular weight excluding hydrogens is 162 g/mol. The van der Waals surface area contributed by atoms with Gasteiger partial charge in [0.2, 0.25) is 0 Å². The van der Waals surface area contributed by atoms with Gasteiger partial charge < -0.3 is 10.4 Å². The molecule has 3 saturated carbocycles. The first-order valence-electron chi connectivity index (χ1n) is 5.38. The van der Waals surface area contributed by atoms with Crippen LogP contribution in [-0.2, 0) is 0 Å². The minimum Gasteiger partial charge on any atom is -0.388 e. The van der Waals surface area contributed by atoms with E-state index < -0.39 is 5.60 Å². The van der Waals surface area contributed by atoms with Crippen molar-refractivity contribution in [2.75, 3.05) is 13.6 Å². The van der Waals surface area contributed by atoms with Crippen LogP contribution in [0.2, 0.25) is 0 Å². The van der Waals surface area contributed by atoms with Crippen LogP contribution < -0.4 is 5.32 Å². The monoisotopic (exact) mass is 183 g/mol. The molecule has 2 heteroatoms. The van der Waals surface area contributed by atoms with E-state index >= 15 is 0 Å². The molecule has 0 amide bonds. The van der Waals surface area contributed by atoms with Crippen molar-refractivity contribution in [3.05, 3.63) is 0 Å². The molecule has 0 saturated heterocycles. The van der Waals surface area contributed by atoms with Crippen molar-refractivity contribution >= 4 is 0 Å². The SMILES string of the molecule is CNC[C@]1(O)CC[C@H]2C[C@@H]1C2(C)C. The van der Waals surface area contributed by atoms with Gasteiger partial charge in [-0.3, -0.25) is 0 Å². The number of aliphatic hydroxyl groups is 1. The third-order valence-corrected chi connectivity index (χ3v) is 4.53. The third kappa shape index (κ3) is 1.15. The van der Waals surface area contributed by atoms with E-state index in [1.54, 1.807) is 0 Å². The number of nitrogens with one attached hydrogen (secondary N) is 1. The molecule has 13 heavy (non-hydrogen) atoms. The summed E-state index contributed by atoms with van der Waals surface area (Å²) < 4.78 is 0. The lowest BCUT2D eigenvalue weighted by Gasteiger charge is -2.63. The van der Waals surface area contributed by atoms with E-state index in [1.807, 2.05) is 7.05 Å². The maximum Gasteiger partial charge on any atom is 0.0804 e. The number of fused-ring (bicyclic) bond motifs is 2. The van der Waals surface area contributed by atoms with E-state index in [0.29, 0.717) is 11.3 Å². The van der Waals surface area contributed by atoms with Crippen molar-refractivity contribution < 1.29 is 5.11 Å². The maximum atomic E-state index is 10.5. The molecule has 76 valence electrons. The summed E-state index contributed by atoms with van der Waals surface area (Å²) in [6, 6.07) is 0. The van der Waals surface area contributed by atoms with E-state index in [1.165, 1.54) is 12.8 Å². The van der Waals surface area contributed by atoms with Gasteiger partial charge in [-0.15, -0.1) is 0 Å². The topological polar surface area (TPSA) is 32.3 Å². The van der Waals surface area contributed by atoms with Crippen LogP contribution in [0.4, 0.5) is 0 Å². The molecule has 0 aromatic rings. The Kier molecular flexibility index (Phi) is 1.97. The second-order valence-electron chi connectivity index (χ2n) is 5.48. The molecule has 2 N–H and O–H groups in total. The summed E-state index contributed by atoms with van der Waals surface area (Å²) >= 11 is 0. The molecule has 0 aromatic heterocycles. The normalized spacial score (nSPS) is 47.1. The Morgan fingerprint density at radius 1 is 1.46 bits per heavy atom. The van der Waals surface area contributed by atoms with Crippen molar-refractivity contribution in [3.63, 3.8) is 0 Å². The lowest BCUT2D eigenvalue weighted by Crippen LogP contribution is -2.64. The highest BCUT2D eigenvalue weighted by Gasteiger charge is 2.60. The van der Waals surface area contributed by atoms with Crippen molar-refractivity contribution in [3.8, 4) is 0 Å². The Hall–Kier alpha value is -0.0800. The van der Waals surface area contributed by atoms with Crippen LogP contribution in [0.5, 0.6) is 0 Å². The third-order valence-electron chi connectivity index (χ3n) is 4.53.